The molecule has 1 fully saturated rings. The minimum Gasteiger partial charge on any atom is -0.348 e. The van der Waals surface area contributed by atoms with Crippen LogP contribution >= 0.6 is 15.9 Å². The SMILES string of the molecule is BN1CCC(=CBr)CC1. The second kappa shape index (κ2) is 3.42. The highest BCUT2D eigenvalue weighted by atomic mass is 79.9. The molecule has 0 aromatic rings. The maximum Gasteiger partial charge on any atom is 0.185 e. The maximum absolute atomic E-state index is 3.35. The van der Waals surface area contributed by atoms with Gasteiger partial charge >= 0.3 is 0 Å². The normalized spacial score (nSPS) is 22.1. The van der Waals surface area contributed by atoms with Crippen molar-refractivity contribution in [2.24, 2.45) is 0 Å². The van der Waals surface area contributed by atoms with Crippen LogP contribution in [0.15, 0.2) is 10.6 Å². The third-order valence-electron chi connectivity index (χ3n) is 1.78. The molecule has 0 unspecified atom stereocenters. The quantitative estimate of drug-likeness (QED) is 0.510. The summed E-state index contributed by atoms with van der Waals surface area (Å²) < 4.78 is 0. The lowest BCUT2D eigenvalue weighted by Crippen LogP contribution is -2.27. The van der Waals surface area contributed by atoms with E-state index in [4.69, 9.17) is 0 Å². The van der Waals surface area contributed by atoms with Crippen molar-refractivity contribution in [1.82, 2.24) is 4.81 Å². The minimum atomic E-state index is 1.22. The Morgan fingerprint density at radius 2 is 2.00 bits per heavy atom. The van der Waals surface area contributed by atoms with E-state index in [-0.39, 0.29) is 0 Å². The van der Waals surface area contributed by atoms with Crippen molar-refractivity contribution >= 4 is 23.9 Å². The molecule has 1 rings (SSSR count). The van der Waals surface area contributed by atoms with Gasteiger partial charge in [-0.05, 0) is 30.9 Å². The zero-order chi connectivity index (χ0) is 6.69. The fraction of sp³-hybridized carbons (Fsp3) is 0.667. The van der Waals surface area contributed by atoms with Crippen molar-refractivity contribution < 1.29 is 0 Å². The summed E-state index contributed by atoms with van der Waals surface area (Å²) in [4.78, 5) is 4.43. The second-order valence-corrected chi connectivity index (χ2v) is 3.03. The molecule has 0 saturated carbocycles. The van der Waals surface area contributed by atoms with Gasteiger partial charge in [0.15, 0.2) is 7.98 Å². The molecule has 9 heavy (non-hydrogen) atoms. The lowest BCUT2D eigenvalue weighted by molar-refractivity contribution is 0.419. The first-order chi connectivity index (χ1) is 4.33. The summed E-state index contributed by atoms with van der Waals surface area (Å²) >= 11 is 3.35. The van der Waals surface area contributed by atoms with Gasteiger partial charge in [-0.15, -0.1) is 0 Å². The Morgan fingerprint density at radius 1 is 1.44 bits per heavy atom. The number of rotatable bonds is 0. The number of piperidine rings is 1. The standard InChI is InChI=1S/C6H11BBrN/c7-9-3-1-6(5-8)2-4-9/h5H,1-4,7H2. The molecule has 0 bridgehead atoms. The highest BCUT2D eigenvalue weighted by Gasteiger charge is 2.07. The van der Waals surface area contributed by atoms with E-state index in [9.17, 15) is 0 Å². The zero-order valence-electron chi connectivity index (χ0n) is 5.73. The first-order valence-electron chi connectivity index (χ1n) is 3.29. The molecule has 0 aromatic carbocycles. The van der Waals surface area contributed by atoms with E-state index in [1.54, 1.807) is 5.57 Å². The fourth-order valence-corrected chi connectivity index (χ4v) is 1.47. The van der Waals surface area contributed by atoms with Gasteiger partial charge in [-0.2, -0.15) is 0 Å². The van der Waals surface area contributed by atoms with Crippen LogP contribution in [0.1, 0.15) is 12.8 Å². The molecule has 0 aromatic heterocycles. The van der Waals surface area contributed by atoms with Crippen molar-refractivity contribution in [3.8, 4) is 0 Å². The van der Waals surface area contributed by atoms with Crippen LogP contribution < -0.4 is 0 Å². The lowest BCUT2D eigenvalue weighted by Gasteiger charge is -2.23. The predicted octanol–water partition coefficient (Wildman–Crippen LogP) is 0.909. The van der Waals surface area contributed by atoms with Gasteiger partial charge in [-0.3, -0.25) is 0 Å². The fourth-order valence-electron chi connectivity index (χ4n) is 1.01. The van der Waals surface area contributed by atoms with Gasteiger partial charge in [0.25, 0.3) is 0 Å². The summed E-state index contributed by atoms with van der Waals surface area (Å²) in [6, 6.07) is 0. The van der Waals surface area contributed by atoms with E-state index in [2.05, 4.69) is 33.7 Å². The average Bonchev–Trinajstić information content (AvgIpc) is 1.90. The van der Waals surface area contributed by atoms with Crippen molar-refractivity contribution in [3.63, 3.8) is 0 Å². The number of nitrogens with zero attached hydrogens (tertiary/aromatic N) is 1. The highest BCUT2D eigenvalue weighted by molar-refractivity contribution is 9.11. The second-order valence-electron chi connectivity index (χ2n) is 2.57. The molecule has 3 heteroatoms. The summed E-state index contributed by atoms with van der Waals surface area (Å²) in [5, 5.41) is 0. The molecule has 1 aliphatic heterocycles. The monoisotopic (exact) mass is 187 g/mol. The van der Waals surface area contributed by atoms with E-state index >= 15 is 0 Å². The maximum atomic E-state index is 3.35. The van der Waals surface area contributed by atoms with Crippen molar-refractivity contribution in [2.75, 3.05) is 13.1 Å². The van der Waals surface area contributed by atoms with E-state index in [0.717, 1.165) is 0 Å². The first kappa shape index (κ1) is 7.35. The number of halogens is 1. The van der Waals surface area contributed by atoms with Crippen molar-refractivity contribution in [2.45, 2.75) is 12.8 Å². The highest BCUT2D eigenvalue weighted by Crippen LogP contribution is 2.15. The van der Waals surface area contributed by atoms with Crippen LogP contribution in [0.3, 0.4) is 0 Å². The lowest BCUT2D eigenvalue weighted by atomic mass is 10.0. The van der Waals surface area contributed by atoms with E-state index in [1.807, 2.05) is 0 Å². The first-order valence-corrected chi connectivity index (χ1v) is 4.21. The van der Waals surface area contributed by atoms with Crippen LogP contribution in [-0.2, 0) is 0 Å². The summed E-state index contributed by atoms with van der Waals surface area (Å²) in [7, 11) is 2.17. The Morgan fingerprint density at radius 3 is 2.44 bits per heavy atom. The Labute approximate surface area is 65.7 Å². The third-order valence-corrected chi connectivity index (χ3v) is 2.43. The van der Waals surface area contributed by atoms with Gasteiger partial charge in [-0.1, -0.05) is 21.5 Å². The molecule has 0 aliphatic carbocycles. The van der Waals surface area contributed by atoms with Crippen LogP contribution in [0.2, 0.25) is 0 Å². The van der Waals surface area contributed by atoms with Gasteiger partial charge in [0.2, 0.25) is 0 Å². The van der Waals surface area contributed by atoms with Crippen LogP contribution in [0, 0.1) is 0 Å². The van der Waals surface area contributed by atoms with Crippen LogP contribution in [0.5, 0.6) is 0 Å². The smallest absolute Gasteiger partial charge is 0.185 e. The molecule has 50 valence electrons. The van der Waals surface area contributed by atoms with E-state index in [0.29, 0.717) is 0 Å². The summed E-state index contributed by atoms with van der Waals surface area (Å²) in [5.41, 5.74) is 1.55. The Hall–Kier alpha value is 0.245. The molecule has 0 N–H and O–H groups in total. The van der Waals surface area contributed by atoms with Crippen molar-refractivity contribution in [3.05, 3.63) is 10.6 Å². The van der Waals surface area contributed by atoms with Crippen LogP contribution in [0.25, 0.3) is 0 Å². The van der Waals surface area contributed by atoms with Crippen LogP contribution in [-0.4, -0.2) is 25.9 Å². The topological polar surface area (TPSA) is 3.24 Å². The Kier molecular flexibility index (Phi) is 2.80. The van der Waals surface area contributed by atoms with E-state index in [1.165, 1.54) is 25.9 Å². The molecule has 1 nitrogen and oxygen atoms in total. The summed E-state index contributed by atoms with van der Waals surface area (Å²) in [6.45, 7) is 2.44. The number of hydrogen-bond acceptors (Lipinski definition) is 1. The summed E-state index contributed by atoms with van der Waals surface area (Å²) in [6.07, 6.45) is 2.48. The van der Waals surface area contributed by atoms with Crippen molar-refractivity contribution in [1.29, 1.82) is 0 Å². The average molecular weight is 188 g/mol. The zero-order valence-corrected chi connectivity index (χ0v) is 7.32. The van der Waals surface area contributed by atoms with Crippen LogP contribution in [0.4, 0.5) is 0 Å². The van der Waals surface area contributed by atoms with Gasteiger partial charge in [0.1, 0.15) is 0 Å². The minimum absolute atomic E-state index is 1.22. The van der Waals surface area contributed by atoms with Gasteiger partial charge in [0.05, 0.1) is 0 Å². The van der Waals surface area contributed by atoms with Gasteiger partial charge in [-0.25, -0.2) is 0 Å². The molecule has 0 radical (unpaired) electrons. The van der Waals surface area contributed by atoms with Gasteiger partial charge in [0, 0.05) is 0 Å². The van der Waals surface area contributed by atoms with E-state index < -0.39 is 0 Å². The Balaban J connectivity index is 2.35. The Bertz CT molecular complexity index is 114. The largest absolute Gasteiger partial charge is 0.348 e. The molecule has 0 atom stereocenters. The predicted molar refractivity (Wildman–Crippen MR) is 46.4 cm³/mol. The molecule has 1 saturated heterocycles. The molecule has 1 aliphatic rings. The molecular formula is C6H11BBrN. The third kappa shape index (κ3) is 2.14. The molecule has 1 heterocycles. The molecular weight excluding hydrogens is 177 g/mol. The molecule has 0 amide bonds. The molecule has 0 spiro atoms. The summed E-state index contributed by atoms with van der Waals surface area (Å²) in [5.74, 6) is 0. The number of hydrogen-bond donors (Lipinski definition) is 0. The van der Waals surface area contributed by atoms with Gasteiger partial charge < -0.3 is 4.81 Å².